The molecule has 5 nitrogen and oxygen atoms in total. The molecule has 1 fully saturated rings. The Labute approximate surface area is 145 Å². The van der Waals surface area contributed by atoms with Gasteiger partial charge in [0.05, 0.1) is 10.9 Å². The van der Waals surface area contributed by atoms with Gasteiger partial charge in [0.1, 0.15) is 0 Å². The number of nitrogens with zero attached hydrogens (tertiary/aromatic N) is 2. The topological polar surface area (TPSA) is 62.3 Å². The minimum atomic E-state index is -0.415. The zero-order valence-corrected chi connectivity index (χ0v) is 14.1. The van der Waals surface area contributed by atoms with Crippen LogP contribution in [0.2, 0.25) is 5.02 Å². The van der Waals surface area contributed by atoms with Crippen molar-refractivity contribution in [2.75, 3.05) is 16.8 Å². The van der Waals surface area contributed by atoms with Gasteiger partial charge in [-0.25, -0.2) is 4.98 Å². The lowest BCUT2D eigenvalue weighted by atomic mass is 10.1. The monoisotopic (exact) mass is 343 g/mol. The molecule has 0 spiro atoms. The summed E-state index contributed by atoms with van der Waals surface area (Å²) in [4.78, 5) is 30.4. The molecule has 24 heavy (non-hydrogen) atoms. The summed E-state index contributed by atoms with van der Waals surface area (Å²) in [6, 6.07) is 11.2. The summed E-state index contributed by atoms with van der Waals surface area (Å²) in [5.41, 5.74) is 2.04. The fraction of sp³-hybridized carbons (Fsp3) is 0.278. The largest absolute Gasteiger partial charge is 0.312 e. The van der Waals surface area contributed by atoms with E-state index in [1.165, 1.54) is 5.56 Å². The van der Waals surface area contributed by atoms with Crippen LogP contribution in [0, 0.1) is 5.92 Å². The Balaban J connectivity index is 1.69. The van der Waals surface area contributed by atoms with Crippen LogP contribution in [0.5, 0.6) is 0 Å². The van der Waals surface area contributed by atoms with Crippen LogP contribution in [0.1, 0.15) is 18.9 Å². The standard InChI is InChI=1S/C18H18ClN3O2/c1-2-12-5-7-14(8-6-12)22-11-13(10-16(22)23)18(24)21-17-15(19)4-3-9-20-17/h3-9,13H,2,10-11H2,1H3,(H,20,21,24). The Morgan fingerprint density at radius 2 is 2.08 bits per heavy atom. The minimum Gasteiger partial charge on any atom is -0.312 e. The van der Waals surface area contributed by atoms with Gasteiger partial charge in [-0.1, -0.05) is 30.7 Å². The third-order valence-corrected chi connectivity index (χ3v) is 4.46. The summed E-state index contributed by atoms with van der Waals surface area (Å²) in [5.74, 6) is -0.382. The predicted octanol–water partition coefficient (Wildman–Crippen LogP) is 3.29. The molecule has 0 bridgehead atoms. The highest BCUT2D eigenvalue weighted by Crippen LogP contribution is 2.27. The third-order valence-electron chi connectivity index (χ3n) is 4.15. The van der Waals surface area contributed by atoms with E-state index in [4.69, 9.17) is 11.6 Å². The highest BCUT2D eigenvalue weighted by Gasteiger charge is 2.35. The van der Waals surface area contributed by atoms with Gasteiger partial charge in [0, 0.05) is 24.8 Å². The summed E-state index contributed by atoms with van der Waals surface area (Å²) in [7, 11) is 0. The second-order valence-electron chi connectivity index (χ2n) is 5.75. The van der Waals surface area contributed by atoms with Gasteiger partial charge in [-0.2, -0.15) is 0 Å². The van der Waals surface area contributed by atoms with Crippen LogP contribution in [0.3, 0.4) is 0 Å². The average molecular weight is 344 g/mol. The molecule has 124 valence electrons. The van der Waals surface area contributed by atoms with Gasteiger partial charge in [-0.05, 0) is 36.2 Å². The molecule has 3 rings (SSSR count). The fourth-order valence-electron chi connectivity index (χ4n) is 2.74. The Bertz CT molecular complexity index is 761. The van der Waals surface area contributed by atoms with E-state index in [-0.39, 0.29) is 18.2 Å². The van der Waals surface area contributed by atoms with E-state index < -0.39 is 5.92 Å². The summed E-state index contributed by atoms with van der Waals surface area (Å²) in [6.45, 7) is 2.44. The maximum Gasteiger partial charge on any atom is 0.231 e. The summed E-state index contributed by atoms with van der Waals surface area (Å²) in [6.07, 6.45) is 2.69. The molecule has 1 unspecified atom stereocenters. The van der Waals surface area contributed by atoms with E-state index in [1.807, 2.05) is 24.3 Å². The molecule has 6 heteroatoms. The Morgan fingerprint density at radius 3 is 2.75 bits per heavy atom. The normalized spacial score (nSPS) is 17.2. The fourth-order valence-corrected chi connectivity index (χ4v) is 2.91. The van der Waals surface area contributed by atoms with Crippen LogP contribution >= 0.6 is 11.6 Å². The SMILES string of the molecule is CCc1ccc(N2CC(C(=O)Nc3ncccc3Cl)CC2=O)cc1. The molecule has 2 aromatic rings. The first-order valence-corrected chi connectivity index (χ1v) is 8.27. The second kappa shape index (κ2) is 7.01. The van der Waals surface area contributed by atoms with Crippen LogP contribution in [-0.2, 0) is 16.0 Å². The number of carbonyl (C=O) groups excluding carboxylic acids is 2. The van der Waals surface area contributed by atoms with Gasteiger partial charge in [-0.3, -0.25) is 9.59 Å². The number of hydrogen-bond donors (Lipinski definition) is 1. The molecule has 2 heterocycles. The lowest BCUT2D eigenvalue weighted by molar-refractivity contribution is -0.122. The number of pyridine rings is 1. The van der Waals surface area contributed by atoms with E-state index in [1.54, 1.807) is 23.2 Å². The van der Waals surface area contributed by atoms with E-state index in [0.29, 0.717) is 17.4 Å². The zero-order valence-electron chi connectivity index (χ0n) is 13.3. The lowest BCUT2D eigenvalue weighted by Crippen LogP contribution is -2.28. The first kappa shape index (κ1) is 16.5. The number of benzene rings is 1. The van der Waals surface area contributed by atoms with Crippen molar-refractivity contribution in [1.29, 1.82) is 0 Å². The van der Waals surface area contributed by atoms with E-state index in [0.717, 1.165) is 12.1 Å². The van der Waals surface area contributed by atoms with Gasteiger partial charge in [-0.15, -0.1) is 0 Å². The molecule has 1 aliphatic rings. The van der Waals surface area contributed by atoms with Crippen LogP contribution in [-0.4, -0.2) is 23.3 Å². The zero-order chi connectivity index (χ0) is 17.1. The number of aryl methyl sites for hydroxylation is 1. The van der Waals surface area contributed by atoms with Gasteiger partial charge in [0.25, 0.3) is 0 Å². The van der Waals surface area contributed by atoms with E-state index >= 15 is 0 Å². The molecule has 1 aliphatic heterocycles. The molecule has 0 radical (unpaired) electrons. The van der Waals surface area contributed by atoms with Crippen molar-refractivity contribution in [3.05, 3.63) is 53.2 Å². The first-order valence-electron chi connectivity index (χ1n) is 7.89. The van der Waals surface area contributed by atoms with Gasteiger partial charge in [0.15, 0.2) is 5.82 Å². The highest BCUT2D eigenvalue weighted by molar-refractivity contribution is 6.33. The number of carbonyl (C=O) groups is 2. The number of amides is 2. The van der Waals surface area contributed by atoms with Crippen LogP contribution in [0.4, 0.5) is 11.5 Å². The third kappa shape index (κ3) is 3.41. The molecule has 0 aliphatic carbocycles. The molecule has 1 saturated heterocycles. The predicted molar refractivity (Wildman–Crippen MR) is 94.2 cm³/mol. The number of hydrogen-bond acceptors (Lipinski definition) is 3. The molecule has 0 saturated carbocycles. The summed E-state index contributed by atoms with van der Waals surface area (Å²) >= 11 is 6.00. The summed E-state index contributed by atoms with van der Waals surface area (Å²) < 4.78 is 0. The average Bonchev–Trinajstić information content (AvgIpc) is 2.99. The number of halogens is 1. The molecule has 1 aromatic carbocycles. The number of anilines is 2. The van der Waals surface area contributed by atoms with Crippen molar-refractivity contribution in [3.63, 3.8) is 0 Å². The van der Waals surface area contributed by atoms with Gasteiger partial charge in [0.2, 0.25) is 11.8 Å². The molecule has 1 aromatic heterocycles. The first-order chi connectivity index (χ1) is 11.6. The van der Waals surface area contributed by atoms with Crippen LogP contribution in [0.15, 0.2) is 42.6 Å². The van der Waals surface area contributed by atoms with Crippen LogP contribution < -0.4 is 10.2 Å². The van der Waals surface area contributed by atoms with Gasteiger partial charge >= 0.3 is 0 Å². The van der Waals surface area contributed by atoms with Crippen molar-refractivity contribution in [2.45, 2.75) is 19.8 Å². The lowest BCUT2D eigenvalue weighted by Gasteiger charge is -2.17. The Hall–Kier alpha value is -2.40. The van der Waals surface area contributed by atoms with Crippen molar-refractivity contribution in [3.8, 4) is 0 Å². The van der Waals surface area contributed by atoms with Crippen LogP contribution in [0.25, 0.3) is 0 Å². The van der Waals surface area contributed by atoms with Crippen molar-refractivity contribution in [1.82, 2.24) is 4.98 Å². The maximum absolute atomic E-state index is 12.4. The number of rotatable bonds is 4. The maximum atomic E-state index is 12.4. The van der Waals surface area contributed by atoms with Crippen molar-refractivity contribution in [2.24, 2.45) is 5.92 Å². The van der Waals surface area contributed by atoms with Gasteiger partial charge < -0.3 is 10.2 Å². The van der Waals surface area contributed by atoms with E-state index in [2.05, 4.69) is 17.2 Å². The van der Waals surface area contributed by atoms with Crippen molar-refractivity contribution >= 4 is 34.9 Å². The molecule has 1 N–H and O–H groups in total. The highest BCUT2D eigenvalue weighted by atomic mass is 35.5. The smallest absolute Gasteiger partial charge is 0.231 e. The summed E-state index contributed by atoms with van der Waals surface area (Å²) in [5, 5.41) is 3.08. The molecular weight excluding hydrogens is 326 g/mol. The number of aromatic nitrogens is 1. The Morgan fingerprint density at radius 1 is 1.33 bits per heavy atom. The molecule has 2 amide bonds. The van der Waals surface area contributed by atoms with Crippen molar-refractivity contribution < 1.29 is 9.59 Å². The van der Waals surface area contributed by atoms with E-state index in [9.17, 15) is 9.59 Å². The molecular formula is C18H18ClN3O2. The second-order valence-corrected chi connectivity index (χ2v) is 6.16. The number of nitrogens with one attached hydrogen (secondary N) is 1. The molecule has 1 atom stereocenters. The quantitative estimate of drug-likeness (QED) is 0.926. The minimum absolute atomic E-state index is 0.0495. The Kier molecular flexibility index (Phi) is 4.81.